The molecule has 0 bridgehead atoms. The first-order chi connectivity index (χ1) is 11.2. The second kappa shape index (κ2) is 11.1. The van der Waals surface area contributed by atoms with Crippen LogP contribution >= 0.6 is 35.6 Å². The minimum atomic E-state index is -0.689. The van der Waals surface area contributed by atoms with Crippen molar-refractivity contribution in [2.45, 2.75) is 19.9 Å². The van der Waals surface area contributed by atoms with E-state index < -0.39 is 23.8 Å². The monoisotopic (exact) mass is 410 g/mol. The largest absolute Gasteiger partial charge is 0.346 e. The number of anilines is 1. The zero-order valence-corrected chi connectivity index (χ0v) is 16.1. The molecule has 0 heterocycles. The van der Waals surface area contributed by atoms with E-state index in [4.69, 9.17) is 28.9 Å². The molecule has 0 spiro atoms. The Bertz CT molecular complexity index is 626. The van der Waals surface area contributed by atoms with Crippen molar-refractivity contribution in [2.75, 3.05) is 18.4 Å². The Kier molecular flexibility index (Phi) is 10.5. The van der Waals surface area contributed by atoms with Gasteiger partial charge in [0.15, 0.2) is 0 Å². The van der Waals surface area contributed by atoms with Crippen LogP contribution in [0.15, 0.2) is 18.2 Å². The van der Waals surface area contributed by atoms with Crippen LogP contribution < -0.4 is 21.7 Å². The summed E-state index contributed by atoms with van der Waals surface area (Å²) in [5.41, 5.74) is 6.00. The van der Waals surface area contributed by atoms with E-state index in [0.29, 0.717) is 15.7 Å². The van der Waals surface area contributed by atoms with Gasteiger partial charge in [0.25, 0.3) is 0 Å². The molecular formula is C15H21Cl3N4O3. The molecule has 0 saturated carbocycles. The Morgan fingerprint density at radius 3 is 2.28 bits per heavy atom. The topological polar surface area (TPSA) is 113 Å². The molecule has 1 atom stereocenters. The highest BCUT2D eigenvalue weighted by Gasteiger charge is 2.17. The molecule has 5 N–H and O–H groups in total. The lowest BCUT2D eigenvalue weighted by molar-refractivity contribution is -0.127. The minimum absolute atomic E-state index is 0. The lowest BCUT2D eigenvalue weighted by Gasteiger charge is -2.15. The van der Waals surface area contributed by atoms with Gasteiger partial charge in [-0.3, -0.25) is 14.4 Å². The molecule has 25 heavy (non-hydrogen) atoms. The van der Waals surface area contributed by atoms with Gasteiger partial charge >= 0.3 is 0 Å². The lowest BCUT2D eigenvalue weighted by atomic mass is 10.1. The molecule has 0 saturated heterocycles. The number of carbonyl (C=O) groups excluding carboxylic acids is 3. The first kappa shape index (κ1) is 23.5. The van der Waals surface area contributed by atoms with Crippen LogP contribution in [0.25, 0.3) is 0 Å². The fraction of sp³-hybridized carbons (Fsp3) is 0.400. The molecule has 0 aromatic heterocycles. The summed E-state index contributed by atoms with van der Waals surface area (Å²) in [4.78, 5) is 35.0. The normalized spacial score (nSPS) is 11.3. The number of hydrogen-bond donors (Lipinski definition) is 4. The molecule has 0 fully saturated rings. The molecule has 0 aliphatic carbocycles. The predicted molar refractivity (Wildman–Crippen MR) is 101 cm³/mol. The third-order valence-corrected chi connectivity index (χ3v) is 3.66. The number of rotatable bonds is 7. The Morgan fingerprint density at radius 1 is 1.08 bits per heavy atom. The van der Waals surface area contributed by atoms with Crippen LogP contribution in [-0.2, 0) is 14.4 Å². The summed E-state index contributed by atoms with van der Waals surface area (Å²) >= 11 is 11.7. The first-order valence-corrected chi connectivity index (χ1v) is 8.01. The van der Waals surface area contributed by atoms with E-state index in [9.17, 15) is 14.4 Å². The average molecular weight is 412 g/mol. The quantitative estimate of drug-likeness (QED) is 0.545. The molecule has 3 amide bonds. The summed E-state index contributed by atoms with van der Waals surface area (Å²) in [6.45, 7) is 3.07. The van der Waals surface area contributed by atoms with E-state index in [-0.39, 0.29) is 31.4 Å². The van der Waals surface area contributed by atoms with Crippen molar-refractivity contribution in [3.8, 4) is 0 Å². The Labute approximate surface area is 162 Å². The van der Waals surface area contributed by atoms with Crippen LogP contribution in [0.2, 0.25) is 10.0 Å². The Morgan fingerprint density at radius 2 is 1.68 bits per heavy atom. The van der Waals surface area contributed by atoms with Crippen LogP contribution in [0.1, 0.15) is 13.8 Å². The summed E-state index contributed by atoms with van der Waals surface area (Å²) in [5.74, 6) is -1.44. The van der Waals surface area contributed by atoms with Crippen LogP contribution in [0.4, 0.5) is 5.69 Å². The molecule has 0 aliphatic heterocycles. The van der Waals surface area contributed by atoms with E-state index in [1.807, 2.05) is 0 Å². The van der Waals surface area contributed by atoms with Gasteiger partial charge in [0, 0.05) is 5.02 Å². The molecule has 1 aromatic rings. The molecular weight excluding hydrogens is 391 g/mol. The van der Waals surface area contributed by atoms with Crippen LogP contribution in [-0.4, -0.2) is 36.9 Å². The average Bonchev–Trinajstić information content (AvgIpc) is 2.53. The van der Waals surface area contributed by atoms with Crippen molar-refractivity contribution >= 4 is 59.0 Å². The maximum Gasteiger partial charge on any atom is 0.243 e. The van der Waals surface area contributed by atoms with E-state index in [1.54, 1.807) is 26.0 Å². The number of carbonyl (C=O) groups is 3. The zero-order valence-electron chi connectivity index (χ0n) is 13.8. The van der Waals surface area contributed by atoms with E-state index in [1.165, 1.54) is 6.07 Å². The lowest BCUT2D eigenvalue weighted by Crippen LogP contribution is -2.47. The van der Waals surface area contributed by atoms with E-state index >= 15 is 0 Å². The maximum atomic E-state index is 11.8. The van der Waals surface area contributed by atoms with Gasteiger partial charge in [-0.2, -0.15) is 0 Å². The zero-order chi connectivity index (χ0) is 18.3. The van der Waals surface area contributed by atoms with Gasteiger partial charge in [-0.1, -0.05) is 37.0 Å². The molecule has 0 aliphatic rings. The number of nitrogens with one attached hydrogen (secondary N) is 3. The van der Waals surface area contributed by atoms with Gasteiger partial charge < -0.3 is 21.7 Å². The van der Waals surface area contributed by atoms with Crippen molar-refractivity contribution in [3.63, 3.8) is 0 Å². The van der Waals surface area contributed by atoms with Crippen molar-refractivity contribution in [1.82, 2.24) is 10.6 Å². The van der Waals surface area contributed by atoms with Crippen molar-refractivity contribution in [2.24, 2.45) is 11.7 Å². The number of halogens is 3. The SMILES string of the molecule is CC(C)[C@H](N)C(=O)NCC(=O)NCC(=O)Nc1cc(Cl)ccc1Cl.Cl. The smallest absolute Gasteiger partial charge is 0.243 e. The van der Waals surface area contributed by atoms with Crippen molar-refractivity contribution in [3.05, 3.63) is 28.2 Å². The molecule has 7 nitrogen and oxygen atoms in total. The third-order valence-electron chi connectivity index (χ3n) is 3.09. The minimum Gasteiger partial charge on any atom is -0.346 e. The number of nitrogens with two attached hydrogens (primary N) is 1. The summed E-state index contributed by atoms with van der Waals surface area (Å²) in [5, 5.41) is 8.06. The highest BCUT2D eigenvalue weighted by molar-refractivity contribution is 6.35. The molecule has 1 aromatic carbocycles. The molecule has 10 heteroatoms. The molecule has 140 valence electrons. The van der Waals surface area contributed by atoms with Gasteiger partial charge in [-0.25, -0.2) is 0 Å². The van der Waals surface area contributed by atoms with Gasteiger partial charge in [-0.05, 0) is 24.1 Å². The second-order valence-electron chi connectivity index (χ2n) is 5.44. The standard InChI is InChI=1S/C15H20Cl2N4O3.ClH/c1-8(2)14(18)15(24)20-6-12(22)19-7-13(23)21-11-5-9(16)3-4-10(11)17;/h3-5,8,14H,6-7,18H2,1-2H3,(H,19,22)(H,20,24)(H,21,23);1H/t14-;/m0./s1. The van der Waals surface area contributed by atoms with Crippen LogP contribution in [0.3, 0.4) is 0 Å². The van der Waals surface area contributed by atoms with Gasteiger partial charge in [0.2, 0.25) is 17.7 Å². The Hall–Kier alpha value is -1.54. The summed E-state index contributed by atoms with van der Waals surface area (Å²) in [7, 11) is 0. The molecule has 0 radical (unpaired) electrons. The third kappa shape index (κ3) is 8.40. The number of hydrogen-bond acceptors (Lipinski definition) is 4. The fourth-order valence-electron chi connectivity index (χ4n) is 1.62. The fourth-order valence-corrected chi connectivity index (χ4v) is 1.95. The Balaban J connectivity index is 0.00000576. The molecule has 1 rings (SSSR count). The highest BCUT2D eigenvalue weighted by atomic mass is 35.5. The van der Waals surface area contributed by atoms with Crippen LogP contribution in [0.5, 0.6) is 0 Å². The number of benzene rings is 1. The van der Waals surface area contributed by atoms with Gasteiger partial charge in [0.1, 0.15) is 0 Å². The van der Waals surface area contributed by atoms with E-state index in [2.05, 4.69) is 16.0 Å². The summed E-state index contributed by atoms with van der Waals surface area (Å²) in [6, 6.07) is 3.94. The highest BCUT2D eigenvalue weighted by Crippen LogP contribution is 2.25. The summed E-state index contributed by atoms with van der Waals surface area (Å²) in [6.07, 6.45) is 0. The predicted octanol–water partition coefficient (Wildman–Crippen LogP) is 1.57. The first-order valence-electron chi connectivity index (χ1n) is 7.25. The van der Waals surface area contributed by atoms with Gasteiger partial charge in [0.05, 0.1) is 29.8 Å². The van der Waals surface area contributed by atoms with Crippen molar-refractivity contribution in [1.29, 1.82) is 0 Å². The van der Waals surface area contributed by atoms with Crippen LogP contribution in [0, 0.1) is 5.92 Å². The summed E-state index contributed by atoms with van der Waals surface area (Å²) < 4.78 is 0. The molecule has 0 unspecified atom stereocenters. The maximum absolute atomic E-state index is 11.8. The second-order valence-corrected chi connectivity index (χ2v) is 6.28. The number of amides is 3. The van der Waals surface area contributed by atoms with Gasteiger partial charge in [-0.15, -0.1) is 12.4 Å². The van der Waals surface area contributed by atoms with E-state index in [0.717, 1.165) is 0 Å². The van der Waals surface area contributed by atoms with Crippen molar-refractivity contribution < 1.29 is 14.4 Å².